The predicted octanol–water partition coefficient (Wildman–Crippen LogP) is 1.56. The van der Waals surface area contributed by atoms with Crippen molar-refractivity contribution < 1.29 is 4.74 Å². The maximum absolute atomic E-state index is 5.17. The average Bonchev–Trinajstić information content (AvgIpc) is 2.45. The first kappa shape index (κ1) is 16.6. The van der Waals surface area contributed by atoms with Crippen LogP contribution in [-0.4, -0.2) is 30.5 Å². The quantitative estimate of drug-likeness (QED) is 0.374. The van der Waals surface area contributed by atoms with Gasteiger partial charge in [0.1, 0.15) is 0 Å². The zero-order valence-corrected chi connectivity index (χ0v) is 13.3. The molecule has 7 heteroatoms. The third-order valence-corrected chi connectivity index (χ3v) is 2.92. The molecular formula is C13H20N4OS2. The van der Waals surface area contributed by atoms with Crippen LogP contribution in [0.5, 0.6) is 0 Å². The molecule has 0 atom stereocenters. The molecular weight excluding hydrogens is 292 g/mol. The van der Waals surface area contributed by atoms with E-state index in [4.69, 9.17) is 29.2 Å². The molecule has 5 nitrogen and oxygen atoms in total. The van der Waals surface area contributed by atoms with Crippen LogP contribution in [0.1, 0.15) is 12.5 Å². The second-order valence-electron chi connectivity index (χ2n) is 4.01. The Morgan fingerprint density at radius 3 is 2.65 bits per heavy atom. The molecule has 0 radical (unpaired) electrons. The molecule has 4 N–H and O–H groups in total. The van der Waals surface area contributed by atoms with Gasteiger partial charge in [0, 0.05) is 19.3 Å². The molecule has 0 aliphatic heterocycles. The Morgan fingerprint density at radius 1 is 1.20 bits per heavy atom. The molecule has 0 fully saturated rings. The molecule has 1 rings (SSSR count). The second-order valence-corrected chi connectivity index (χ2v) is 4.82. The van der Waals surface area contributed by atoms with Crippen molar-refractivity contribution in [1.29, 1.82) is 0 Å². The Labute approximate surface area is 130 Å². The number of methoxy groups -OCH3 is 1. The van der Waals surface area contributed by atoms with Crippen LogP contribution in [0.15, 0.2) is 24.3 Å². The van der Waals surface area contributed by atoms with E-state index >= 15 is 0 Å². The third kappa shape index (κ3) is 6.65. The smallest absolute Gasteiger partial charge is 0.189 e. The number of benzene rings is 1. The van der Waals surface area contributed by atoms with E-state index in [1.807, 2.05) is 12.1 Å². The lowest BCUT2D eigenvalue weighted by Crippen LogP contribution is -2.48. The maximum atomic E-state index is 5.17. The summed E-state index contributed by atoms with van der Waals surface area (Å²) in [6.45, 7) is 3.35. The SMILES string of the molecule is CCc1cccc(NC(=S)NNC(=S)NCCOC)c1. The summed E-state index contributed by atoms with van der Waals surface area (Å²) in [4.78, 5) is 0. The van der Waals surface area contributed by atoms with Crippen LogP contribution >= 0.6 is 24.4 Å². The molecule has 0 saturated heterocycles. The number of nitrogens with one attached hydrogen (secondary N) is 4. The molecule has 0 heterocycles. The van der Waals surface area contributed by atoms with Gasteiger partial charge >= 0.3 is 0 Å². The average molecular weight is 312 g/mol. The number of anilines is 1. The van der Waals surface area contributed by atoms with Crippen molar-refractivity contribution in [1.82, 2.24) is 16.2 Å². The first-order chi connectivity index (χ1) is 9.65. The second kappa shape index (κ2) is 9.46. The van der Waals surface area contributed by atoms with Gasteiger partial charge in [-0.15, -0.1) is 0 Å². The van der Waals surface area contributed by atoms with Gasteiger partial charge in [-0.3, -0.25) is 10.9 Å². The number of hydrogen-bond donors (Lipinski definition) is 4. The topological polar surface area (TPSA) is 57.3 Å². The fourth-order valence-corrected chi connectivity index (χ4v) is 1.78. The van der Waals surface area contributed by atoms with Crippen LogP contribution in [0, 0.1) is 0 Å². The zero-order valence-electron chi connectivity index (χ0n) is 11.7. The maximum Gasteiger partial charge on any atom is 0.189 e. The molecule has 0 bridgehead atoms. The van der Waals surface area contributed by atoms with Gasteiger partial charge in [-0.05, 0) is 48.6 Å². The van der Waals surface area contributed by atoms with E-state index in [9.17, 15) is 0 Å². The molecule has 0 aliphatic carbocycles. The van der Waals surface area contributed by atoms with Crippen molar-refractivity contribution in [2.24, 2.45) is 0 Å². The highest BCUT2D eigenvalue weighted by Gasteiger charge is 1.99. The Bertz CT molecular complexity index is 454. The molecule has 1 aromatic rings. The summed E-state index contributed by atoms with van der Waals surface area (Å²) in [5, 5.41) is 6.97. The first-order valence-corrected chi connectivity index (χ1v) is 7.16. The summed E-state index contributed by atoms with van der Waals surface area (Å²) in [6.07, 6.45) is 0.988. The molecule has 110 valence electrons. The molecule has 0 aromatic heterocycles. The van der Waals surface area contributed by atoms with E-state index in [-0.39, 0.29) is 0 Å². The minimum absolute atomic E-state index is 0.453. The zero-order chi connectivity index (χ0) is 14.8. The molecule has 0 spiro atoms. The molecule has 0 saturated carbocycles. The van der Waals surface area contributed by atoms with Crippen molar-refractivity contribution in [2.75, 3.05) is 25.6 Å². The first-order valence-electron chi connectivity index (χ1n) is 6.34. The van der Waals surface area contributed by atoms with Gasteiger partial charge in [0.15, 0.2) is 10.2 Å². The fraction of sp³-hybridized carbons (Fsp3) is 0.385. The van der Waals surface area contributed by atoms with E-state index in [0.29, 0.717) is 23.4 Å². The van der Waals surface area contributed by atoms with Crippen LogP contribution in [0.4, 0.5) is 5.69 Å². The van der Waals surface area contributed by atoms with Crippen LogP contribution in [0.2, 0.25) is 0 Å². The monoisotopic (exact) mass is 312 g/mol. The summed E-state index contributed by atoms with van der Waals surface area (Å²) in [6, 6.07) is 8.09. The van der Waals surface area contributed by atoms with Gasteiger partial charge in [-0.2, -0.15) is 0 Å². The van der Waals surface area contributed by atoms with Crippen molar-refractivity contribution in [3.63, 3.8) is 0 Å². The minimum atomic E-state index is 0.453. The van der Waals surface area contributed by atoms with E-state index in [0.717, 1.165) is 12.1 Å². The summed E-state index contributed by atoms with van der Waals surface area (Å²) >= 11 is 10.2. The Morgan fingerprint density at radius 2 is 1.95 bits per heavy atom. The van der Waals surface area contributed by atoms with Crippen LogP contribution in [0.3, 0.4) is 0 Å². The lowest BCUT2D eigenvalue weighted by molar-refractivity contribution is 0.204. The van der Waals surface area contributed by atoms with Crippen LogP contribution < -0.4 is 21.5 Å². The number of hydrogen-bond acceptors (Lipinski definition) is 3. The molecule has 1 aromatic carbocycles. The normalized spacial score (nSPS) is 9.70. The van der Waals surface area contributed by atoms with Crippen LogP contribution in [0.25, 0.3) is 0 Å². The Balaban J connectivity index is 2.30. The van der Waals surface area contributed by atoms with Crippen molar-refractivity contribution in [2.45, 2.75) is 13.3 Å². The molecule has 20 heavy (non-hydrogen) atoms. The lowest BCUT2D eigenvalue weighted by Gasteiger charge is -2.14. The Kier molecular flexibility index (Phi) is 7.86. The summed E-state index contributed by atoms with van der Waals surface area (Å²) in [7, 11) is 1.64. The number of hydrazine groups is 1. The van der Waals surface area contributed by atoms with Gasteiger partial charge in [0.05, 0.1) is 6.61 Å². The molecule has 0 amide bonds. The van der Waals surface area contributed by atoms with Gasteiger partial charge in [-0.25, -0.2) is 0 Å². The highest BCUT2D eigenvalue weighted by molar-refractivity contribution is 7.80. The van der Waals surface area contributed by atoms with Gasteiger partial charge in [0.25, 0.3) is 0 Å². The third-order valence-electron chi connectivity index (χ3n) is 2.47. The van der Waals surface area contributed by atoms with E-state index in [1.54, 1.807) is 7.11 Å². The standard InChI is InChI=1S/C13H20N4OS2/c1-3-10-5-4-6-11(9-10)15-13(20)17-16-12(19)14-7-8-18-2/h4-6,9H,3,7-8H2,1-2H3,(H2,14,16,19)(H2,15,17,20). The highest BCUT2D eigenvalue weighted by Crippen LogP contribution is 2.10. The summed E-state index contributed by atoms with van der Waals surface area (Å²) in [5.41, 5.74) is 7.82. The Hall–Kier alpha value is -1.44. The summed E-state index contributed by atoms with van der Waals surface area (Å²) in [5.74, 6) is 0. The molecule has 0 unspecified atom stereocenters. The number of aryl methyl sites for hydroxylation is 1. The van der Waals surface area contributed by atoms with Crippen molar-refractivity contribution >= 4 is 40.3 Å². The van der Waals surface area contributed by atoms with E-state index < -0.39 is 0 Å². The van der Waals surface area contributed by atoms with Gasteiger partial charge in [0.2, 0.25) is 0 Å². The number of ether oxygens (including phenoxy) is 1. The largest absolute Gasteiger partial charge is 0.383 e. The van der Waals surface area contributed by atoms with Crippen molar-refractivity contribution in [3.8, 4) is 0 Å². The lowest BCUT2D eigenvalue weighted by atomic mass is 10.1. The van der Waals surface area contributed by atoms with E-state index in [1.165, 1.54) is 5.56 Å². The van der Waals surface area contributed by atoms with E-state index in [2.05, 4.69) is 40.5 Å². The number of thiocarbonyl (C=S) groups is 2. The highest BCUT2D eigenvalue weighted by atomic mass is 32.1. The minimum Gasteiger partial charge on any atom is -0.383 e. The fourth-order valence-electron chi connectivity index (χ4n) is 1.46. The van der Waals surface area contributed by atoms with Crippen LogP contribution in [-0.2, 0) is 11.2 Å². The predicted molar refractivity (Wildman–Crippen MR) is 90.8 cm³/mol. The van der Waals surface area contributed by atoms with Crippen molar-refractivity contribution in [3.05, 3.63) is 29.8 Å². The summed E-state index contributed by atoms with van der Waals surface area (Å²) < 4.78 is 4.91. The van der Waals surface area contributed by atoms with Gasteiger partial charge in [-0.1, -0.05) is 19.1 Å². The molecule has 0 aliphatic rings. The number of rotatable bonds is 5. The van der Waals surface area contributed by atoms with Gasteiger partial charge < -0.3 is 15.4 Å².